The molecule has 5 saturated carbocycles. The van der Waals surface area contributed by atoms with Crippen molar-refractivity contribution in [1.29, 1.82) is 0 Å². The topological polar surface area (TPSA) is 46.1 Å². The van der Waals surface area contributed by atoms with Crippen LogP contribution in [0.25, 0.3) is 0 Å². The highest BCUT2D eigenvalue weighted by Gasteiger charge is 2.51. The molecular formula is C26H41N3O. The van der Waals surface area contributed by atoms with E-state index >= 15 is 0 Å². The molecule has 0 radical (unpaired) electrons. The lowest BCUT2D eigenvalue weighted by Gasteiger charge is -2.56. The Bertz CT molecular complexity index is 730. The van der Waals surface area contributed by atoms with Crippen molar-refractivity contribution in [2.75, 3.05) is 0 Å². The fourth-order valence-corrected chi connectivity index (χ4v) is 7.75. The second kappa shape index (κ2) is 7.69. The molecule has 0 saturated heterocycles. The maximum atomic E-state index is 12.7. The van der Waals surface area contributed by atoms with Crippen LogP contribution in [-0.2, 0) is 16.8 Å². The first kappa shape index (κ1) is 20.6. The van der Waals surface area contributed by atoms with E-state index in [9.17, 15) is 4.79 Å². The summed E-state index contributed by atoms with van der Waals surface area (Å²) >= 11 is 0. The summed E-state index contributed by atoms with van der Waals surface area (Å²) in [5.74, 6) is 3.07. The Morgan fingerprint density at radius 1 is 1.00 bits per heavy atom. The van der Waals surface area contributed by atoms with E-state index in [1.54, 1.807) is 0 Å². The van der Waals surface area contributed by atoms with E-state index in [0.717, 1.165) is 43.4 Å². The Hall–Kier alpha value is -1.29. The first-order valence-corrected chi connectivity index (χ1v) is 12.5. The van der Waals surface area contributed by atoms with Crippen LogP contribution in [0.4, 0.5) is 0 Å². The van der Waals surface area contributed by atoms with Crippen molar-refractivity contribution in [3.05, 3.63) is 24.0 Å². The Morgan fingerprint density at radius 2 is 1.57 bits per heavy atom. The Morgan fingerprint density at radius 3 is 2.13 bits per heavy atom. The van der Waals surface area contributed by atoms with Gasteiger partial charge in [0.05, 0.1) is 0 Å². The van der Waals surface area contributed by atoms with Crippen LogP contribution < -0.4 is 10.6 Å². The zero-order valence-corrected chi connectivity index (χ0v) is 19.3. The molecule has 6 rings (SSSR count). The quantitative estimate of drug-likeness (QED) is 0.733. The normalized spacial score (nSPS) is 38.0. The molecule has 5 aliphatic carbocycles. The van der Waals surface area contributed by atoms with Crippen LogP contribution in [0, 0.1) is 17.8 Å². The SMILES string of the molecule is CC(C)(C)NC1CCC(NC(=O)Cn2ccc(C34CC5CC(CC(C5)C3)C4)c2)CC1. The average Bonchev–Trinajstić information content (AvgIpc) is 3.10. The number of amides is 1. The van der Waals surface area contributed by atoms with Crippen molar-refractivity contribution in [2.45, 2.75) is 115 Å². The average molecular weight is 412 g/mol. The molecule has 166 valence electrons. The molecule has 0 unspecified atom stereocenters. The summed E-state index contributed by atoms with van der Waals surface area (Å²) < 4.78 is 2.13. The van der Waals surface area contributed by atoms with Gasteiger partial charge in [0.15, 0.2) is 0 Å². The number of nitrogens with one attached hydrogen (secondary N) is 2. The van der Waals surface area contributed by atoms with Gasteiger partial charge < -0.3 is 15.2 Å². The van der Waals surface area contributed by atoms with E-state index < -0.39 is 0 Å². The number of carbonyl (C=O) groups excluding carboxylic acids is 1. The van der Waals surface area contributed by atoms with E-state index in [-0.39, 0.29) is 11.4 Å². The number of nitrogens with zero attached hydrogens (tertiary/aromatic N) is 1. The van der Waals surface area contributed by atoms with Crippen molar-refractivity contribution in [3.8, 4) is 0 Å². The fraction of sp³-hybridized carbons (Fsp3) is 0.808. The highest BCUT2D eigenvalue weighted by molar-refractivity contribution is 5.76. The molecule has 0 spiro atoms. The van der Waals surface area contributed by atoms with Crippen LogP contribution in [0.3, 0.4) is 0 Å². The van der Waals surface area contributed by atoms with Gasteiger partial charge in [0.1, 0.15) is 6.54 Å². The maximum Gasteiger partial charge on any atom is 0.240 e. The highest BCUT2D eigenvalue weighted by Crippen LogP contribution is 2.60. The van der Waals surface area contributed by atoms with Crippen LogP contribution in [0.1, 0.15) is 90.5 Å². The van der Waals surface area contributed by atoms with Gasteiger partial charge in [-0.25, -0.2) is 0 Å². The van der Waals surface area contributed by atoms with E-state index in [1.165, 1.54) is 44.1 Å². The number of hydrogen-bond acceptors (Lipinski definition) is 2. The molecule has 4 nitrogen and oxygen atoms in total. The molecule has 0 atom stereocenters. The van der Waals surface area contributed by atoms with Crippen molar-refractivity contribution in [2.24, 2.45) is 17.8 Å². The minimum Gasteiger partial charge on any atom is -0.352 e. The number of carbonyl (C=O) groups is 1. The minimum absolute atomic E-state index is 0.170. The van der Waals surface area contributed by atoms with Crippen LogP contribution in [-0.4, -0.2) is 28.1 Å². The third-order valence-corrected chi connectivity index (χ3v) is 8.46. The number of rotatable bonds is 5. The van der Waals surface area contributed by atoms with Gasteiger partial charge in [-0.1, -0.05) is 0 Å². The number of aromatic nitrogens is 1. The fourth-order valence-electron chi connectivity index (χ4n) is 7.75. The summed E-state index contributed by atoms with van der Waals surface area (Å²) in [6.07, 6.45) is 17.6. The Labute approximate surface area is 182 Å². The predicted molar refractivity (Wildman–Crippen MR) is 121 cm³/mol. The van der Waals surface area contributed by atoms with Crippen molar-refractivity contribution < 1.29 is 4.79 Å². The predicted octanol–water partition coefficient (Wildman–Crippen LogP) is 4.77. The minimum atomic E-state index is 0.170. The van der Waals surface area contributed by atoms with Gasteiger partial charge in [-0.15, -0.1) is 0 Å². The lowest BCUT2D eigenvalue weighted by atomic mass is 9.48. The summed E-state index contributed by atoms with van der Waals surface area (Å²) in [5, 5.41) is 7.02. The smallest absolute Gasteiger partial charge is 0.240 e. The van der Waals surface area contributed by atoms with Gasteiger partial charge in [-0.05, 0) is 120 Å². The highest BCUT2D eigenvalue weighted by atomic mass is 16.2. The third-order valence-electron chi connectivity index (χ3n) is 8.46. The van der Waals surface area contributed by atoms with E-state index in [2.05, 4.69) is 54.4 Å². The van der Waals surface area contributed by atoms with Gasteiger partial charge in [0.2, 0.25) is 5.91 Å². The summed E-state index contributed by atoms with van der Waals surface area (Å²) in [5.41, 5.74) is 2.11. The monoisotopic (exact) mass is 411 g/mol. The van der Waals surface area contributed by atoms with E-state index in [0.29, 0.717) is 24.0 Å². The van der Waals surface area contributed by atoms with Crippen LogP contribution in [0.5, 0.6) is 0 Å². The molecule has 0 aromatic carbocycles. The molecule has 4 heteroatoms. The first-order valence-electron chi connectivity index (χ1n) is 12.5. The molecule has 1 amide bonds. The lowest BCUT2D eigenvalue weighted by Crippen LogP contribution is -2.48. The first-order chi connectivity index (χ1) is 14.3. The molecule has 1 aromatic rings. The Kier molecular flexibility index (Phi) is 5.28. The van der Waals surface area contributed by atoms with Crippen LogP contribution in [0.15, 0.2) is 18.5 Å². The molecule has 0 aliphatic heterocycles. The summed E-state index contributed by atoms with van der Waals surface area (Å²) in [6, 6.07) is 3.25. The van der Waals surface area contributed by atoms with Crippen molar-refractivity contribution in [3.63, 3.8) is 0 Å². The largest absolute Gasteiger partial charge is 0.352 e. The molecule has 30 heavy (non-hydrogen) atoms. The summed E-state index contributed by atoms with van der Waals surface area (Å²) in [7, 11) is 0. The molecule has 1 aromatic heterocycles. The van der Waals surface area contributed by atoms with Crippen LogP contribution in [0.2, 0.25) is 0 Å². The standard InChI is InChI=1S/C26H41N3O/c1-25(2,3)28-23-6-4-22(5-7-23)27-24(30)17-29-9-8-21(16-29)26-13-18-10-19(14-26)12-20(11-18)15-26/h8-9,16,18-20,22-23,28H,4-7,10-15,17H2,1-3H3,(H,27,30). The summed E-state index contributed by atoms with van der Waals surface area (Å²) in [6.45, 7) is 7.16. The molecule has 4 bridgehead atoms. The van der Waals surface area contributed by atoms with Gasteiger partial charge in [-0.3, -0.25) is 4.79 Å². The third kappa shape index (κ3) is 4.35. The van der Waals surface area contributed by atoms with Gasteiger partial charge in [-0.2, -0.15) is 0 Å². The molecule has 1 heterocycles. The van der Waals surface area contributed by atoms with Gasteiger partial charge in [0.25, 0.3) is 0 Å². The molecular weight excluding hydrogens is 370 g/mol. The molecule has 5 fully saturated rings. The van der Waals surface area contributed by atoms with Gasteiger partial charge in [0, 0.05) is 30.0 Å². The lowest BCUT2D eigenvalue weighted by molar-refractivity contribution is -0.122. The second-order valence-electron chi connectivity index (χ2n) is 12.3. The Balaban J connectivity index is 1.14. The number of hydrogen-bond donors (Lipinski definition) is 2. The molecule has 2 N–H and O–H groups in total. The second-order valence-corrected chi connectivity index (χ2v) is 12.3. The van der Waals surface area contributed by atoms with Gasteiger partial charge >= 0.3 is 0 Å². The maximum absolute atomic E-state index is 12.7. The zero-order valence-electron chi connectivity index (χ0n) is 19.3. The van der Waals surface area contributed by atoms with Crippen molar-refractivity contribution in [1.82, 2.24) is 15.2 Å². The van der Waals surface area contributed by atoms with E-state index in [1.807, 2.05) is 0 Å². The van der Waals surface area contributed by atoms with E-state index in [4.69, 9.17) is 0 Å². The summed E-state index contributed by atoms with van der Waals surface area (Å²) in [4.78, 5) is 12.7. The van der Waals surface area contributed by atoms with Crippen LogP contribution >= 0.6 is 0 Å². The molecule has 5 aliphatic rings. The zero-order chi connectivity index (χ0) is 20.9. The van der Waals surface area contributed by atoms with Crippen molar-refractivity contribution >= 4 is 5.91 Å².